The molecule has 3 nitrogen and oxygen atoms in total. The molecule has 21 heavy (non-hydrogen) atoms. The highest BCUT2D eigenvalue weighted by molar-refractivity contribution is 5.85. The van der Waals surface area contributed by atoms with E-state index in [4.69, 9.17) is 5.73 Å². The Kier molecular flexibility index (Phi) is 8.65. The molecule has 0 aliphatic heterocycles. The lowest BCUT2D eigenvalue weighted by atomic mass is 9.81. The van der Waals surface area contributed by atoms with E-state index in [2.05, 4.69) is 12.2 Å². The predicted molar refractivity (Wildman–Crippen MR) is 90.5 cm³/mol. The fourth-order valence-corrected chi connectivity index (χ4v) is 4.09. The van der Waals surface area contributed by atoms with Crippen LogP contribution in [0.25, 0.3) is 0 Å². The highest BCUT2D eigenvalue weighted by Gasteiger charge is 2.30. The highest BCUT2D eigenvalue weighted by atomic mass is 35.5. The third-order valence-corrected chi connectivity index (χ3v) is 5.50. The maximum atomic E-state index is 12.5. The molecular formula is C17H33ClN2O. The molecule has 0 aromatic carbocycles. The zero-order valence-electron chi connectivity index (χ0n) is 13.5. The van der Waals surface area contributed by atoms with Crippen molar-refractivity contribution in [2.45, 2.75) is 77.2 Å². The Balaban J connectivity index is 0.00000220. The molecule has 3 unspecified atom stereocenters. The fraction of sp³-hybridized carbons (Fsp3) is 0.941. The molecule has 3 N–H and O–H groups in total. The van der Waals surface area contributed by atoms with Gasteiger partial charge in [-0.1, -0.05) is 45.4 Å². The Morgan fingerprint density at radius 2 is 1.86 bits per heavy atom. The molecule has 2 fully saturated rings. The lowest BCUT2D eigenvalue weighted by Gasteiger charge is -2.27. The van der Waals surface area contributed by atoms with E-state index in [0.717, 1.165) is 25.2 Å². The van der Waals surface area contributed by atoms with Gasteiger partial charge in [0.15, 0.2) is 0 Å². The highest BCUT2D eigenvalue weighted by Crippen LogP contribution is 2.31. The molecule has 4 heteroatoms. The van der Waals surface area contributed by atoms with Gasteiger partial charge in [0, 0.05) is 12.0 Å². The number of hydrogen-bond donors (Lipinski definition) is 2. The van der Waals surface area contributed by atoms with Gasteiger partial charge in [0.1, 0.15) is 0 Å². The van der Waals surface area contributed by atoms with Gasteiger partial charge < -0.3 is 11.1 Å². The summed E-state index contributed by atoms with van der Waals surface area (Å²) in [5.41, 5.74) is 5.81. The Hall–Kier alpha value is -0.280. The van der Waals surface area contributed by atoms with Gasteiger partial charge in [-0.15, -0.1) is 12.4 Å². The minimum Gasteiger partial charge on any atom is -0.353 e. The van der Waals surface area contributed by atoms with Crippen LogP contribution in [0.5, 0.6) is 0 Å². The SMILES string of the molecule is CCC(CC1CCCCC1)C(=O)NC1CCCC1CN.Cl. The second-order valence-electron chi connectivity index (χ2n) is 6.89. The van der Waals surface area contributed by atoms with E-state index < -0.39 is 0 Å². The summed E-state index contributed by atoms with van der Waals surface area (Å²) in [4.78, 5) is 12.5. The Labute approximate surface area is 136 Å². The third kappa shape index (κ3) is 5.45. The number of nitrogens with one attached hydrogen (secondary N) is 1. The van der Waals surface area contributed by atoms with E-state index in [1.165, 1.54) is 44.9 Å². The van der Waals surface area contributed by atoms with Crippen molar-refractivity contribution < 1.29 is 4.79 Å². The summed E-state index contributed by atoms with van der Waals surface area (Å²) in [5, 5.41) is 3.30. The van der Waals surface area contributed by atoms with Crippen LogP contribution in [0, 0.1) is 17.8 Å². The average molecular weight is 317 g/mol. The zero-order valence-corrected chi connectivity index (χ0v) is 14.3. The topological polar surface area (TPSA) is 55.1 Å². The van der Waals surface area contributed by atoms with Crippen molar-refractivity contribution in [2.24, 2.45) is 23.5 Å². The van der Waals surface area contributed by atoms with Gasteiger partial charge in [0.2, 0.25) is 5.91 Å². The standard InChI is InChI=1S/C17H32N2O.ClH/c1-2-14(11-13-7-4-3-5-8-13)17(20)19-16-10-6-9-15(16)12-18;/h13-16H,2-12,18H2,1H3,(H,19,20);1H. The summed E-state index contributed by atoms with van der Waals surface area (Å²) < 4.78 is 0. The van der Waals surface area contributed by atoms with E-state index >= 15 is 0 Å². The number of halogens is 1. The van der Waals surface area contributed by atoms with Crippen LogP contribution < -0.4 is 11.1 Å². The molecule has 2 aliphatic rings. The van der Waals surface area contributed by atoms with Crippen LogP contribution in [0.15, 0.2) is 0 Å². The van der Waals surface area contributed by atoms with Crippen LogP contribution >= 0.6 is 12.4 Å². The summed E-state index contributed by atoms with van der Waals surface area (Å²) in [6, 6.07) is 0.341. The van der Waals surface area contributed by atoms with Crippen molar-refractivity contribution in [3.8, 4) is 0 Å². The number of carbonyl (C=O) groups is 1. The van der Waals surface area contributed by atoms with Crippen molar-refractivity contribution >= 4 is 18.3 Å². The summed E-state index contributed by atoms with van der Waals surface area (Å²) >= 11 is 0. The lowest BCUT2D eigenvalue weighted by Crippen LogP contribution is -2.43. The second kappa shape index (κ2) is 9.68. The number of carbonyl (C=O) groups excluding carboxylic acids is 1. The first-order valence-electron chi connectivity index (χ1n) is 8.75. The molecule has 124 valence electrons. The van der Waals surface area contributed by atoms with Gasteiger partial charge in [0.25, 0.3) is 0 Å². The molecule has 0 spiro atoms. The first-order chi connectivity index (χ1) is 9.74. The van der Waals surface area contributed by atoms with Crippen molar-refractivity contribution in [1.82, 2.24) is 5.32 Å². The van der Waals surface area contributed by atoms with Crippen molar-refractivity contribution in [1.29, 1.82) is 0 Å². The molecule has 2 rings (SSSR count). The molecule has 2 aliphatic carbocycles. The first kappa shape index (κ1) is 18.8. The van der Waals surface area contributed by atoms with Gasteiger partial charge >= 0.3 is 0 Å². The molecule has 0 heterocycles. The molecule has 0 radical (unpaired) electrons. The average Bonchev–Trinajstić information content (AvgIpc) is 2.92. The van der Waals surface area contributed by atoms with Crippen LogP contribution in [0.1, 0.15) is 71.1 Å². The van der Waals surface area contributed by atoms with E-state index in [1.54, 1.807) is 0 Å². The molecule has 0 bridgehead atoms. The number of nitrogens with two attached hydrogens (primary N) is 1. The van der Waals surface area contributed by atoms with E-state index in [0.29, 0.717) is 24.4 Å². The molecule has 0 saturated heterocycles. The van der Waals surface area contributed by atoms with Gasteiger partial charge in [-0.25, -0.2) is 0 Å². The second-order valence-corrected chi connectivity index (χ2v) is 6.89. The van der Waals surface area contributed by atoms with Crippen LogP contribution in [0.3, 0.4) is 0 Å². The summed E-state index contributed by atoms with van der Waals surface area (Å²) in [6.45, 7) is 2.87. The minimum atomic E-state index is 0. The molecule has 0 aromatic heterocycles. The number of rotatable bonds is 6. The number of hydrogen-bond acceptors (Lipinski definition) is 2. The van der Waals surface area contributed by atoms with Crippen molar-refractivity contribution in [3.05, 3.63) is 0 Å². The molecular weight excluding hydrogens is 284 g/mol. The Morgan fingerprint density at radius 3 is 2.48 bits per heavy atom. The van der Waals surface area contributed by atoms with Gasteiger partial charge in [0.05, 0.1) is 0 Å². The van der Waals surface area contributed by atoms with Crippen LogP contribution in [0.4, 0.5) is 0 Å². The first-order valence-corrected chi connectivity index (χ1v) is 8.75. The Bertz CT molecular complexity index is 305. The zero-order chi connectivity index (χ0) is 14.4. The van der Waals surface area contributed by atoms with Gasteiger partial charge in [-0.05, 0) is 44.1 Å². The Morgan fingerprint density at radius 1 is 1.14 bits per heavy atom. The molecule has 0 aromatic rings. The minimum absolute atomic E-state index is 0. The van der Waals surface area contributed by atoms with E-state index in [9.17, 15) is 4.79 Å². The van der Waals surface area contributed by atoms with Crippen LogP contribution in [-0.4, -0.2) is 18.5 Å². The maximum absolute atomic E-state index is 12.5. The van der Waals surface area contributed by atoms with E-state index in [1.807, 2.05) is 0 Å². The predicted octanol–water partition coefficient (Wildman–Crippen LogP) is 3.65. The van der Waals surface area contributed by atoms with Crippen LogP contribution in [-0.2, 0) is 4.79 Å². The lowest BCUT2D eigenvalue weighted by molar-refractivity contribution is -0.126. The molecule has 3 atom stereocenters. The maximum Gasteiger partial charge on any atom is 0.223 e. The largest absolute Gasteiger partial charge is 0.353 e. The van der Waals surface area contributed by atoms with Gasteiger partial charge in [-0.3, -0.25) is 4.79 Å². The monoisotopic (exact) mass is 316 g/mol. The van der Waals surface area contributed by atoms with E-state index in [-0.39, 0.29) is 18.3 Å². The van der Waals surface area contributed by atoms with Gasteiger partial charge in [-0.2, -0.15) is 0 Å². The smallest absolute Gasteiger partial charge is 0.223 e. The third-order valence-electron chi connectivity index (χ3n) is 5.50. The summed E-state index contributed by atoms with van der Waals surface area (Å²) in [7, 11) is 0. The normalized spacial score (nSPS) is 27.9. The quantitative estimate of drug-likeness (QED) is 0.786. The molecule has 1 amide bonds. The summed E-state index contributed by atoms with van der Waals surface area (Å²) in [6.07, 6.45) is 12.4. The van der Waals surface area contributed by atoms with Crippen LogP contribution in [0.2, 0.25) is 0 Å². The van der Waals surface area contributed by atoms with Crippen molar-refractivity contribution in [3.63, 3.8) is 0 Å². The fourth-order valence-electron chi connectivity index (χ4n) is 4.09. The summed E-state index contributed by atoms with van der Waals surface area (Å²) in [5.74, 6) is 1.81. The van der Waals surface area contributed by atoms with Crippen molar-refractivity contribution in [2.75, 3.05) is 6.54 Å². The number of amides is 1. The molecule has 2 saturated carbocycles.